The van der Waals surface area contributed by atoms with Gasteiger partial charge in [0.05, 0.1) is 17.3 Å². The van der Waals surface area contributed by atoms with Crippen LogP contribution in [0.25, 0.3) is 10.9 Å². The molecule has 0 spiro atoms. The largest absolute Gasteiger partial charge is 0.393 e. The van der Waals surface area contributed by atoms with Crippen LogP contribution in [0.2, 0.25) is 0 Å². The summed E-state index contributed by atoms with van der Waals surface area (Å²) in [6.45, 7) is 3.50. The molecule has 1 heterocycles. The Morgan fingerprint density at radius 1 is 1.12 bits per heavy atom. The van der Waals surface area contributed by atoms with E-state index >= 15 is 0 Å². The predicted octanol–water partition coefficient (Wildman–Crippen LogP) is 3.23. The van der Waals surface area contributed by atoms with E-state index in [1.807, 2.05) is 31.2 Å². The molecule has 0 aliphatic carbocycles. The highest BCUT2D eigenvalue weighted by atomic mass is 32.2. The second kappa shape index (κ2) is 6.82. The molecule has 0 amide bonds. The molecule has 3 aromatic rings. The molecule has 0 fully saturated rings. The molecule has 0 saturated carbocycles. The number of nitrogens with zero attached hydrogens (tertiary/aromatic N) is 1. The highest BCUT2D eigenvalue weighted by Crippen LogP contribution is 2.27. The molecule has 3 rings (SSSR count). The molecule has 2 aromatic carbocycles. The van der Waals surface area contributed by atoms with Gasteiger partial charge in [0, 0.05) is 11.8 Å². The zero-order valence-electron chi connectivity index (χ0n) is 14.0. The van der Waals surface area contributed by atoms with Crippen LogP contribution in [0.4, 0.5) is 0 Å². The minimum atomic E-state index is -3.98. The number of aliphatic hydroxyl groups excluding tert-OH is 1. The lowest BCUT2D eigenvalue weighted by Crippen LogP contribution is -2.14. The van der Waals surface area contributed by atoms with Crippen LogP contribution in [0.3, 0.4) is 0 Å². The molecule has 1 N–H and O–H groups in total. The smallest absolute Gasteiger partial charge is 0.339 e. The van der Waals surface area contributed by atoms with Crippen molar-refractivity contribution >= 4 is 21.0 Å². The number of hydrogen-bond acceptors (Lipinski definition) is 5. The summed E-state index contributed by atoms with van der Waals surface area (Å²) in [5.74, 6) is 0.139. The SMILES string of the molecule is Cc1ccc(S(=O)(=O)Oc2cc3ccccc3nc2CC(C)O)cc1. The molecular weight excluding hydrogens is 338 g/mol. The first-order chi connectivity index (χ1) is 11.8. The molecule has 5 nitrogen and oxygen atoms in total. The fraction of sp³-hybridized carbons (Fsp3) is 0.211. The first-order valence-electron chi connectivity index (χ1n) is 7.93. The maximum atomic E-state index is 12.6. The highest BCUT2D eigenvalue weighted by Gasteiger charge is 2.20. The molecule has 1 aromatic heterocycles. The van der Waals surface area contributed by atoms with Gasteiger partial charge in [-0.2, -0.15) is 8.42 Å². The topological polar surface area (TPSA) is 76.5 Å². The van der Waals surface area contributed by atoms with Gasteiger partial charge in [-0.05, 0) is 38.1 Å². The van der Waals surface area contributed by atoms with Crippen LogP contribution >= 0.6 is 0 Å². The Kier molecular flexibility index (Phi) is 4.74. The number of hydrogen-bond donors (Lipinski definition) is 1. The maximum absolute atomic E-state index is 12.6. The summed E-state index contributed by atoms with van der Waals surface area (Å²) in [4.78, 5) is 4.54. The Morgan fingerprint density at radius 2 is 1.80 bits per heavy atom. The van der Waals surface area contributed by atoms with Gasteiger partial charge in [-0.15, -0.1) is 0 Å². The average molecular weight is 357 g/mol. The standard InChI is InChI=1S/C19H19NO4S/c1-13-7-9-16(10-8-13)25(22,23)24-19-12-15-5-3-4-6-17(15)20-18(19)11-14(2)21/h3-10,12,14,21H,11H2,1-2H3. The van der Waals surface area contributed by atoms with E-state index in [-0.39, 0.29) is 17.1 Å². The lowest BCUT2D eigenvalue weighted by atomic mass is 10.1. The van der Waals surface area contributed by atoms with Gasteiger partial charge in [-0.1, -0.05) is 35.9 Å². The summed E-state index contributed by atoms with van der Waals surface area (Å²) in [6.07, 6.45) is -0.470. The Bertz CT molecular complexity index is 996. The third-order valence-corrected chi connectivity index (χ3v) is 5.01. The molecule has 0 radical (unpaired) electrons. The van der Waals surface area contributed by atoms with E-state index in [1.54, 1.807) is 25.1 Å². The molecule has 25 heavy (non-hydrogen) atoms. The quantitative estimate of drug-likeness (QED) is 0.710. The van der Waals surface area contributed by atoms with Crippen molar-refractivity contribution in [3.05, 3.63) is 65.9 Å². The summed E-state index contributed by atoms with van der Waals surface area (Å²) in [7, 11) is -3.98. The minimum Gasteiger partial charge on any atom is -0.393 e. The Labute approximate surface area is 147 Å². The van der Waals surface area contributed by atoms with Gasteiger partial charge < -0.3 is 9.29 Å². The number of rotatable bonds is 5. The summed E-state index contributed by atoms with van der Waals surface area (Å²) >= 11 is 0. The van der Waals surface area contributed by atoms with Crippen LogP contribution < -0.4 is 4.18 Å². The molecule has 1 atom stereocenters. The first kappa shape index (κ1) is 17.4. The van der Waals surface area contributed by atoms with Crippen LogP contribution in [0.1, 0.15) is 18.2 Å². The molecule has 0 aliphatic rings. The van der Waals surface area contributed by atoms with Crippen molar-refractivity contribution in [3.8, 4) is 5.75 Å². The van der Waals surface area contributed by atoms with E-state index in [0.717, 1.165) is 16.5 Å². The zero-order chi connectivity index (χ0) is 18.0. The molecule has 0 bridgehead atoms. The average Bonchev–Trinajstić information content (AvgIpc) is 2.55. The van der Waals surface area contributed by atoms with Gasteiger partial charge in [0.1, 0.15) is 4.90 Å². The third-order valence-electron chi connectivity index (χ3n) is 3.76. The lowest BCUT2D eigenvalue weighted by molar-refractivity contribution is 0.193. The number of aliphatic hydroxyl groups is 1. The zero-order valence-corrected chi connectivity index (χ0v) is 14.8. The molecule has 6 heteroatoms. The van der Waals surface area contributed by atoms with E-state index in [0.29, 0.717) is 5.69 Å². The molecule has 0 aliphatic heterocycles. The van der Waals surface area contributed by atoms with Crippen molar-refractivity contribution in [2.75, 3.05) is 0 Å². The second-order valence-electron chi connectivity index (χ2n) is 6.03. The summed E-state index contributed by atoms with van der Waals surface area (Å²) in [5.41, 5.74) is 2.09. The van der Waals surface area contributed by atoms with Crippen LogP contribution in [-0.2, 0) is 16.5 Å². The molecule has 1 unspecified atom stereocenters. The number of aromatic nitrogens is 1. The van der Waals surface area contributed by atoms with Crippen molar-refractivity contribution in [1.29, 1.82) is 0 Å². The van der Waals surface area contributed by atoms with Crippen LogP contribution in [0.15, 0.2) is 59.5 Å². The van der Waals surface area contributed by atoms with Gasteiger partial charge in [0.25, 0.3) is 0 Å². The first-order valence-corrected chi connectivity index (χ1v) is 9.34. The van der Waals surface area contributed by atoms with E-state index in [2.05, 4.69) is 4.98 Å². The van der Waals surface area contributed by atoms with Crippen molar-refractivity contribution in [1.82, 2.24) is 4.98 Å². The van der Waals surface area contributed by atoms with E-state index < -0.39 is 16.2 Å². The Morgan fingerprint density at radius 3 is 2.48 bits per heavy atom. The van der Waals surface area contributed by atoms with E-state index in [4.69, 9.17) is 4.18 Å². The normalized spacial score (nSPS) is 12.9. The number of para-hydroxylation sites is 1. The van der Waals surface area contributed by atoms with Gasteiger partial charge in [-0.3, -0.25) is 0 Å². The highest BCUT2D eigenvalue weighted by molar-refractivity contribution is 7.87. The second-order valence-corrected chi connectivity index (χ2v) is 7.58. The van der Waals surface area contributed by atoms with Crippen molar-refractivity contribution in [3.63, 3.8) is 0 Å². The summed E-state index contributed by atoms with van der Waals surface area (Å²) in [6, 6.07) is 15.4. The number of benzene rings is 2. The Hall–Kier alpha value is -2.44. The van der Waals surface area contributed by atoms with Gasteiger partial charge in [0.2, 0.25) is 0 Å². The van der Waals surface area contributed by atoms with E-state index in [9.17, 15) is 13.5 Å². The number of pyridine rings is 1. The summed E-state index contributed by atoms with van der Waals surface area (Å²) in [5, 5.41) is 10.5. The van der Waals surface area contributed by atoms with Gasteiger partial charge >= 0.3 is 10.1 Å². The monoisotopic (exact) mass is 357 g/mol. The van der Waals surface area contributed by atoms with Crippen molar-refractivity contribution < 1.29 is 17.7 Å². The van der Waals surface area contributed by atoms with Crippen molar-refractivity contribution in [2.45, 2.75) is 31.3 Å². The van der Waals surface area contributed by atoms with Crippen LogP contribution in [-0.4, -0.2) is 24.6 Å². The van der Waals surface area contributed by atoms with Gasteiger partial charge in [0.15, 0.2) is 5.75 Å². The minimum absolute atomic E-state index is 0.0780. The van der Waals surface area contributed by atoms with Crippen LogP contribution in [0.5, 0.6) is 5.75 Å². The fourth-order valence-corrected chi connectivity index (χ4v) is 3.45. The maximum Gasteiger partial charge on any atom is 0.339 e. The van der Waals surface area contributed by atoms with E-state index in [1.165, 1.54) is 12.1 Å². The van der Waals surface area contributed by atoms with Crippen LogP contribution in [0, 0.1) is 6.92 Å². The Balaban J connectivity index is 2.05. The molecule has 130 valence electrons. The molecular formula is C19H19NO4S. The van der Waals surface area contributed by atoms with Crippen molar-refractivity contribution in [2.24, 2.45) is 0 Å². The third kappa shape index (κ3) is 3.97. The molecule has 0 saturated heterocycles. The number of aryl methyl sites for hydroxylation is 1. The fourth-order valence-electron chi connectivity index (χ4n) is 2.51. The van der Waals surface area contributed by atoms with Gasteiger partial charge in [-0.25, -0.2) is 4.98 Å². The predicted molar refractivity (Wildman–Crippen MR) is 96.1 cm³/mol. The number of fused-ring (bicyclic) bond motifs is 1. The summed E-state index contributed by atoms with van der Waals surface area (Å²) < 4.78 is 30.5. The lowest BCUT2D eigenvalue weighted by Gasteiger charge is -2.13.